The maximum absolute atomic E-state index is 12.7. The van der Waals surface area contributed by atoms with Crippen LogP contribution in [0.2, 0.25) is 0 Å². The summed E-state index contributed by atoms with van der Waals surface area (Å²) in [7, 11) is 0. The van der Waals surface area contributed by atoms with Gasteiger partial charge in [0.25, 0.3) is 5.91 Å². The summed E-state index contributed by atoms with van der Waals surface area (Å²) in [5.41, 5.74) is 4.26. The number of carbonyl (C=O) groups is 1. The van der Waals surface area contributed by atoms with Gasteiger partial charge in [0.15, 0.2) is 0 Å². The number of nitrogens with zero attached hydrogens (tertiary/aromatic N) is 1. The Morgan fingerprint density at radius 1 is 1.16 bits per heavy atom. The summed E-state index contributed by atoms with van der Waals surface area (Å²) in [5.74, 6) is 0.169. The maximum atomic E-state index is 12.7. The van der Waals surface area contributed by atoms with E-state index < -0.39 is 0 Å². The number of benzene rings is 1. The summed E-state index contributed by atoms with van der Waals surface area (Å²) in [6.45, 7) is 9.89. The molecule has 0 aliphatic rings. The van der Waals surface area contributed by atoms with Gasteiger partial charge in [0.1, 0.15) is 0 Å². The SMILES string of the molecule is CCCCN(CCBr)C(=O)c1c(C)cc(C)cc1C. The Kier molecular flexibility index (Phi) is 6.56. The van der Waals surface area contributed by atoms with Crippen LogP contribution in [0.5, 0.6) is 0 Å². The molecule has 0 heterocycles. The summed E-state index contributed by atoms with van der Waals surface area (Å²) < 4.78 is 0. The lowest BCUT2D eigenvalue weighted by molar-refractivity contribution is 0.0763. The molecule has 1 aromatic carbocycles. The van der Waals surface area contributed by atoms with Crippen LogP contribution in [0.15, 0.2) is 12.1 Å². The van der Waals surface area contributed by atoms with Crippen LogP contribution in [-0.2, 0) is 0 Å². The zero-order chi connectivity index (χ0) is 14.4. The van der Waals surface area contributed by atoms with Crippen molar-refractivity contribution in [3.05, 3.63) is 34.4 Å². The lowest BCUT2D eigenvalue weighted by Crippen LogP contribution is -2.34. The van der Waals surface area contributed by atoms with Crippen molar-refractivity contribution in [2.24, 2.45) is 0 Å². The average Bonchev–Trinajstić information content (AvgIpc) is 2.33. The summed E-state index contributed by atoms with van der Waals surface area (Å²) >= 11 is 3.44. The molecule has 106 valence electrons. The molecule has 1 amide bonds. The first kappa shape index (κ1) is 16.2. The maximum Gasteiger partial charge on any atom is 0.254 e. The third-order valence-corrected chi connectivity index (χ3v) is 3.67. The van der Waals surface area contributed by atoms with Gasteiger partial charge in [-0.15, -0.1) is 0 Å². The van der Waals surface area contributed by atoms with Gasteiger partial charge >= 0.3 is 0 Å². The van der Waals surface area contributed by atoms with Crippen LogP contribution in [0.3, 0.4) is 0 Å². The first-order chi connectivity index (χ1) is 9.01. The topological polar surface area (TPSA) is 20.3 Å². The van der Waals surface area contributed by atoms with Gasteiger partial charge in [-0.25, -0.2) is 0 Å². The van der Waals surface area contributed by atoms with Crippen LogP contribution >= 0.6 is 15.9 Å². The molecule has 0 unspecified atom stereocenters. The second-order valence-corrected chi connectivity index (χ2v) is 5.90. The Hall–Kier alpha value is -0.830. The number of carbonyl (C=O) groups excluding carboxylic acids is 1. The molecular formula is C16H24BrNO. The molecule has 0 aromatic heterocycles. The van der Waals surface area contributed by atoms with Crippen molar-refractivity contribution in [1.29, 1.82) is 0 Å². The van der Waals surface area contributed by atoms with E-state index in [0.29, 0.717) is 0 Å². The first-order valence-electron chi connectivity index (χ1n) is 6.94. The van der Waals surface area contributed by atoms with Crippen LogP contribution in [0, 0.1) is 20.8 Å². The molecule has 2 nitrogen and oxygen atoms in total. The van der Waals surface area contributed by atoms with Gasteiger partial charge in [0, 0.05) is 24.0 Å². The first-order valence-corrected chi connectivity index (χ1v) is 8.06. The molecule has 0 N–H and O–H groups in total. The summed E-state index contributed by atoms with van der Waals surface area (Å²) in [6, 6.07) is 4.18. The number of unbranched alkanes of at least 4 members (excludes halogenated alkanes) is 1. The molecule has 0 atom stereocenters. The van der Waals surface area contributed by atoms with Crippen LogP contribution in [0.25, 0.3) is 0 Å². The summed E-state index contributed by atoms with van der Waals surface area (Å²) in [4.78, 5) is 14.7. The molecular weight excluding hydrogens is 302 g/mol. The third kappa shape index (κ3) is 4.34. The fourth-order valence-corrected chi connectivity index (χ4v) is 2.87. The smallest absolute Gasteiger partial charge is 0.254 e. The Labute approximate surface area is 125 Å². The van der Waals surface area contributed by atoms with Gasteiger partial charge in [-0.2, -0.15) is 0 Å². The van der Waals surface area contributed by atoms with E-state index in [2.05, 4.69) is 41.9 Å². The Morgan fingerprint density at radius 2 is 1.74 bits per heavy atom. The van der Waals surface area contributed by atoms with Crippen molar-refractivity contribution in [2.75, 3.05) is 18.4 Å². The second-order valence-electron chi connectivity index (χ2n) is 5.11. The minimum Gasteiger partial charge on any atom is -0.338 e. The monoisotopic (exact) mass is 325 g/mol. The van der Waals surface area contributed by atoms with Crippen LogP contribution < -0.4 is 0 Å². The van der Waals surface area contributed by atoms with Gasteiger partial charge in [-0.1, -0.05) is 47.0 Å². The van der Waals surface area contributed by atoms with E-state index in [1.807, 2.05) is 18.7 Å². The van der Waals surface area contributed by atoms with Crippen molar-refractivity contribution in [3.8, 4) is 0 Å². The highest BCUT2D eigenvalue weighted by molar-refractivity contribution is 9.09. The lowest BCUT2D eigenvalue weighted by Gasteiger charge is -2.23. The Morgan fingerprint density at radius 3 is 2.21 bits per heavy atom. The minimum atomic E-state index is 0.169. The number of hydrogen-bond acceptors (Lipinski definition) is 1. The summed E-state index contributed by atoms with van der Waals surface area (Å²) in [5, 5.41) is 0.826. The van der Waals surface area contributed by atoms with E-state index in [9.17, 15) is 4.79 Å². The van der Waals surface area contributed by atoms with Gasteiger partial charge in [0.05, 0.1) is 0 Å². The molecule has 19 heavy (non-hydrogen) atoms. The normalized spacial score (nSPS) is 10.6. The lowest BCUT2D eigenvalue weighted by atomic mass is 9.98. The second kappa shape index (κ2) is 7.68. The fourth-order valence-electron chi connectivity index (χ4n) is 2.44. The number of hydrogen-bond donors (Lipinski definition) is 0. The molecule has 0 saturated heterocycles. The van der Waals surface area contributed by atoms with Crippen molar-refractivity contribution >= 4 is 21.8 Å². The number of halogens is 1. The molecule has 0 saturated carbocycles. The predicted octanol–water partition coefficient (Wildman–Crippen LogP) is 4.25. The van der Waals surface area contributed by atoms with E-state index in [1.165, 1.54) is 5.56 Å². The third-order valence-electron chi connectivity index (χ3n) is 3.31. The van der Waals surface area contributed by atoms with E-state index in [1.54, 1.807) is 0 Å². The van der Waals surface area contributed by atoms with Crippen molar-refractivity contribution < 1.29 is 4.79 Å². The molecule has 0 aliphatic carbocycles. The van der Waals surface area contributed by atoms with Gasteiger partial charge in [-0.3, -0.25) is 4.79 Å². The predicted molar refractivity (Wildman–Crippen MR) is 85.3 cm³/mol. The van der Waals surface area contributed by atoms with Crippen molar-refractivity contribution in [3.63, 3.8) is 0 Å². The highest BCUT2D eigenvalue weighted by atomic mass is 79.9. The molecule has 1 aromatic rings. The van der Waals surface area contributed by atoms with Gasteiger partial charge in [-0.05, 0) is 38.3 Å². The van der Waals surface area contributed by atoms with Crippen LogP contribution in [-0.4, -0.2) is 29.2 Å². The molecule has 0 aliphatic heterocycles. The van der Waals surface area contributed by atoms with Crippen molar-refractivity contribution in [1.82, 2.24) is 4.90 Å². The Balaban J connectivity index is 3.02. The zero-order valence-electron chi connectivity index (χ0n) is 12.4. The molecule has 0 bridgehead atoms. The Bertz CT molecular complexity index is 419. The summed E-state index contributed by atoms with van der Waals surface area (Å²) in [6.07, 6.45) is 2.17. The van der Waals surface area contributed by atoms with Gasteiger partial charge in [0.2, 0.25) is 0 Å². The minimum absolute atomic E-state index is 0.169. The molecule has 0 spiro atoms. The highest BCUT2D eigenvalue weighted by Gasteiger charge is 2.18. The van der Waals surface area contributed by atoms with Crippen LogP contribution in [0.1, 0.15) is 46.8 Å². The molecule has 0 radical (unpaired) electrons. The highest BCUT2D eigenvalue weighted by Crippen LogP contribution is 2.19. The van der Waals surface area contributed by atoms with Crippen molar-refractivity contribution in [2.45, 2.75) is 40.5 Å². The van der Waals surface area contributed by atoms with E-state index in [4.69, 9.17) is 0 Å². The molecule has 0 fully saturated rings. The molecule has 1 rings (SSSR count). The quantitative estimate of drug-likeness (QED) is 0.716. The average molecular weight is 326 g/mol. The van der Waals surface area contributed by atoms with Gasteiger partial charge < -0.3 is 4.90 Å². The number of alkyl halides is 1. The number of rotatable bonds is 6. The van der Waals surface area contributed by atoms with E-state index in [0.717, 1.165) is 48.0 Å². The number of aryl methyl sites for hydroxylation is 3. The fraction of sp³-hybridized carbons (Fsp3) is 0.562. The largest absolute Gasteiger partial charge is 0.338 e. The van der Waals surface area contributed by atoms with E-state index in [-0.39, 0.29) is 5.91 Å². The zero-order valence-corrected chi connectivity index (χ0v) is 14.0. The number of amides is 1. The standard InChI is InChI=1S/C16H24BrNO/c1-5-6-8-18(9-7-17)16(19)15-13(3)10-12(2)11-14(15)4/h10-11H,5-9H2,1-4H3. The molecule has 3 heteroatoms. The van der Waals surface area contributed by atoms with Crippen LogP contribution in [0.4, 0.5) is 0 Å². The van der Waals surface area contributed by atoms with E-state index >= 15 is 0 Å².